The van der Waals surface area contributed by atoms with E-state index in [-0.39, 0.29) is 18.6 Å². The van der Waals surface area contributed by atoms with Crippen molar-refractivity contribution < 1.29 is 28.7 Å². The van der Waals surface area contributed by atoms with E-state index in [2.05, 4.69) is 10.1 Å². The fourth-order valence-electron chi connectivity index (χ4n) is 2.39. The van der Waals surface area contributed by atoms with Crippen LogP contribution in [-0.4, -0.2) is 42.9 Å². The minimum absolute atomic E-state index is 0.0699. The highest BCUT2D eigenvalue weighted by Gasteiger charge is 2.27. The van der Waals surface area contributed by atoms with Crippen molar-refractivity contribution in [3.63, 3.8) is 0 Å². The molecule has 0 saturated heterocycles. The summed E-state index contributed by atoms with van der Waals surface area (Å²) in [5.74, 6) is -1.42. The number of nitrogens with one attached hydrogen (secondary N) is 1. The zero-order valence-corrected chi connectivity index (χ0v) is 16.4. The van der Waals surface area contributed by atoms with Crippen molar-refractivity contribution in [1.29, 1.82) is 0 Å². The predicted molar refractivity (Wildman–Crippen MR) is 99.5 cm³/mol. The SMILES string of the molecule is COC(=O)C(C)CC(=O)C(Cc1ccc(C=O)cc1)NC(=O)OC(C)(C)C. The van der Waals surface area contributed by atoms with Gasteiger partial charge in [0.05, 0.1) is 19.1 Å². The molecule has 0 aliphatic rings. The normalized spacial score (nSPS) is 13.2. The van der Waals surface area contributed by atoms with Crippen molar-refractivity contribution in [2.24, 2.45) is 5.92 Å². The van der Waals surface area contributed by atoms with Crippen molar-refractivity contribution >= 4 is 24.1 Å². The van der Waals surface area contributed by atoms with Gasteiger partial charge in [0.15, 0.2) is 5.78 Å². The fourth-order valence-corrected chi connectivity index (χ4v) is 2.39. The third-order valence-corrected chi connectivity index (χ3v) is 3.75. The van der Waals surface area contributed by atoms with E-state index in [1.807, 2.05) is 0 Å². The summed E-state index contributed by atoms with van der Waals surface area (Å²) in [5, 5.41) is 2.58. The quantitative estimate of drug-likeness (QED) is 0.552. The average Bonchev–Trinajstić information content (AvgIpc) is 2.59. The number of hydrogen-bond acceptors (Lipinski definition) is 6. The van der Waals surface area contributed by atoms with Crippen LogP contribution >= 0.6 is 0 Å². The van der Waals surface area contributed by atoms with Crippen LogP contribution in [0.2, 0.25) is 0 Å². The molecule has 148 valence electrons. The standard InChI is InChI=1S/C20H27NO6/c1-13(18(24)26-5)10-17(23)16(21-19(25)27-20(2,3)4)11-14-6-8-15(12-22)9-7-14/h6-9,12-13,16H,10-11H2,1-5H3,(H,21,25). The Kier molecular flexibility index (Phi) is 8.15. The molecule has 7 heteroatoms. The zero-order valence-electron chi connectivity index (χ0n) is 16.4. The van der Waals surface area contributed by atoms with Crippen molar-refractivity contribution in [3.8, 4) is 0 Å². The van der Waals surface area contributed by atoms with E-state index in [1.165, 1.54) is 7.11 Å². The van der Waals surface area contributed by atoms with Crippen LogP contribution in [0.4, 0.5) is 4.79 Å². The maximum absolute atomic E-state index is 12.7. The van der Waals surface area contributed by atoms with E-state index in [0.29, 0.717) is 5.56 Å². The number of esters is 1. The first-order valence-corrected chi connectivity index (χ1v) is 8.70. The number of rotatable bonds is 8. The van der Waals surface area contributed by atoms with Crippen molar-refractivity contribution in [2.75, 3.05) is 7.11 Å². The Bertz CT molecular complexity index is 675. The average molecular weight is 377 g/mol. The molecule has 1 aromatic carbocycles. The number of hydrogen-bond donors (Lipinski definition) is 1. The molecule has 0 spiro atoms. The molecule has 2 unspecified atom stereocenters. The first-order valence-electron chi connectivity index (χ1n) is 8.70. The van der Waals surface area contributed by atoms with Crippen LogP contribution in [0.15, 0.2) is 24.3 Å². The number of carbonyl (C=O) groups excluding carboxylic acids is 4. The lowest BCUT2D eigenvalue weighted by atomic mass is 9.95. The number of ketones is 1. The molecule has 0 aromatic heterocycles. The van der Waals surface area contributed by atoms with Gasteiger partial charge in [0.2, 0.25) is 0 Å². The zero-order chi connectivity index (χ0) is 20.6. The number of ether oxygens (including phenoxy) is 2. The van der Waals surface area contributed by atoms with Gasteiger partial charge in [-0.3, -0.25) is 14.4 Å². The summed E-state index contributed by atoms with van der Waals surface area (Å²) in [4.78, 5) is 47.1. The summed E-state index contributed by atoms with van der Waals surface area (Å²) in [6.45, 7) is 6.76. The van der Waals surface area contributed by atoms with Crippen LogP contribution in [0, 0.1) is 5.92 Å². The maximum atomic E-state index is 12.7. The first-order chi connectivity index (χ1) is 12.6. The van der Waals surface area contributed by atoms with Crippen molar-refractivity contribution in [1.82, 2.24) is 5.32 Å². The molecular formula is C20H27NO6. The lowest BCUT2D eigenvalue weighted by Gasteiger charge is -2.23. The van der Waals surface area contributed by atoms with Gasteiger partial charge in [-0.2, -0.15) is 0 Å². The van der Waals surface area contributed by atoms with Gasteiger partial charge >= 0.3 is 12.1 Å². The Hall–Kier alpha value is -2.70. The molecule has 0 fully saturated rings. The third kappa shape index (κ3) is 8.02. The highest BCUT2D eigenvalue weighted by atomic mass is 16.6. The van der Waals surface area contributed by atoms with Crippen LogP contribution in [0.3, 0.4) is 0 Å². The molecule has 1 aromatic rings. The lowest BCUT2D eigenvalue weighted by molar-refractivity contribution is -0.146. The number of amides is 1. The molecule has 1 N–H and O–H groups in total. The van der Waals surface area contributed by atoms with Gasteiger partial charge in [-0.25, -0.2) is 4.79 Å². The van der Waals surface area contributed by atoms with E-state index >= 15 is 0 Å². The van der Waals surface area contributed by atoms with Crippen LogP contribution in [0.5, 0.6) is 0 Å². The second-order valence-corrected chi connectivity index (χ2v) is 7.36. The summed E-state index contributed by atoms with van der Waals surface area (Å²) in [6.07, 6.45) is 0.157. The number of Topliss-reactive ketones (excluding diaryl/α,β-unsaturated/α-hetero) is 1. The van der Waals surface area contributed by atoms with E-state index in [9.17, 15) is 19.2 Å². The summed E-state index contributed by atoms with van der Waals surface area (Å²) in [5.41, 5.74) is 0.574. The Morgan fingerprint density at radius 1 is 1.15 bits per heavy atom. The van der Waals surface area contributed by atoms with Gasteiger partial charge in [-0.1, -0.05) is 31.2 Å². The maximum Gasteiger partial charge on any atom is 0.408 e. The van der Waals surface area contributed by atoms with Crippen LogP contribution in [0.25, 0.3) is 0 Å². The number of methoxy groups -OCH3 is 1. The van der Waals surface area contributed by atoms with E-state index in [0.717, 1.165) is 11.8 Å². The molecule has 0 aliphatic carbocycles. The lowest BCUT2D eigenvalue weighted by Crippen LogP contribution is -2.45. The van der Waals surface area contributed by atoms with Gasteiger partial charge in [0.1, 0.15) is 11.9 Å². The second-order valence-electron chi connectivity index (χ2n) is 7.36. The van der Waals surface area contributed by atoms with Crippen molar-refractivity contribution in [3.05, 3.63) is 35.4 Å². The monoisotopic (exact) mass is 377 g/mol. The predicted octanol–water partition coefficient (Wildman–Crippen LogP) is 2.70. The van der Waals surface area contributed by atoms with Crippen LogP contribution in [0.1, 0.15) is 50.0 Å². The molecule has 1 amide bonds. The molecule has 0 saturated carbocycles. The summed E-state index contributed by atoms with van der Waals surface area (Å²) in [6, 6.07) is 5.83. The number of aldehydes is 1. The smallest absolute Gasteiger partial charge is 0.408 e. The molecule has 1 rings (SSSR count). The van der Waals surface area contributed by atoms with Gasteiger partial charge in [-0.05, 0) is 32.8 Å². The first kappa shape index (κ1) is 22.3. The summed E-state index contributed by atoms with van der Waals surface area (Å²) < 4.78 is 9.87. The summed E-state index contributed by atoms with van der Waals surface area (Å²) in [7, 11) is 1.26. The molecule has 7 nitrogen and oxygen atoms in total. The Labute approximate surface area is 159 Å². The van der Waals surface area contributed by atoms with E-state index in [4.69, 9.17) is 4.74 Å². The topological polar surface area (TPSA) is 98.8 Å². The van der Waals surface area contributed by atoms with Gasteiger partial charge in [-0.15, -0.1) is 0 Å². The Balaban J connectivity index is 2.92. The molecule has 0 heterocycles. The number of carbonyl (C=O) groups is 4. The summed E-state index contributed by atoms with van der Waals surface area (Å²) >= 11 is 0. The van der Waals surface area contributed by atoms with E-state index in [1.54, 1.807) is 52.0 Å². The highest BCUT2D eigenvalue weighted by Crippen LogP contribution is 2.13. The largest absolute Gasteiger partial charge is 0.469 e. The molecule has 2 atom stereocenters. The molecule has 0 radical (unpaired) electrons. The van der Waals surface area contributed by atoms with Crippen LogP contribution in [-0.2, 0) is 25.5 Å². The molecule has 0 bridgehead atoms. The number of benzene rings is 1. The van der Waals surface area contributed by atoms with Gasteiger partial charge in [0, 0.05) is 12.0 Å². The van der Waals surface area contributed by atoms with E-state index < -0.39 is 29.6 Å². The molecule has 0 aliphatic heterocycles. The fraction of sp³-hybridized carbons (Fsp3) is 0.500. The van der Waals surface area contributed by atoms with Gasteiger partial charge < -0.3 is 14.8 Å². The third-order valence-electron chi connectivity index (χ3n) is 3.75. The Morgan fingerprint density at radius 3 is 2.22 bits per heavy atom. The number of alkyl carbamates (subject to hydrolysis) is 1. The van der Waals surface area contributed by atoms with Gasteiger partial charge in [0.25, 0.3) is 0 Å². The molecule has 27 heavy (non-hydrogen) atoms. The minimum atomic E-state index is -0.867. The van der Waals surface area contributed by atoms with Crippen molar-refractivity contribution in [2.45, 2.75) is 52.2 Å². The highest BCUT2D eigenvalue weighted by molar-refractivity contribution is 5.90. The van der Waals surface area contributed by atoms with Crippen LogP contribution < -0.4 is 5.32 Å². The molecular weight excluding hydrogens is 350 g/mol. The second kappa shape index (κ2) is 9.85. The Morgan fingerprint density at radius 2 is 1.74 bits per heavy atom. The minimum Gasteiger partial charge on any atom is -0.469 e.